The highest BCUT2D eigenvalue weighted by Gasteiger charge is 2.25. The van der Waals surface area contributed by atoms with Gasteiger partial charge in [0.25, 0.3) is 0 Å². The Kier molecular flexibility index (Phi) is 7.22. The third-order valence-corrected chi connectivity index (χ3v) is 9.81. The molecule has 1 aliphatic rings. The fourth-order valence-electron chi connectivity index (χ4n) is 4.21. The van der Waals surface area contributed by atoms with Gasteiger partial charge in [0.15, 0.2) is 0 Å². The van der Waals surface area contributed by atoms with Crippen LogP contribution in [0.5, 0.6) is 0 Å². The van der Waals surface area contributed by atoms with Crippen LogP contribution in [0.2, 0.25) is 0 Å². The lowest BCUT2D eigenvalue weighted by Crippen LogP contribution is -2.48. The van der Waals surface area contributed by atoms with Gasteiger partial charge in [-0.15, -0.1) is 11.3 Å². The topological polar surface area (TPSA) is 90.5 Å². The Morgan fingerprint density at radius 3 is 2.32 bits per heavy atom. The van der Waals surface area contributed by atoms with E-state index < -0.39 is 9.71 Å². The molecular formula is C27H28N6O2S2. The van der Waals surface area contributed by atoms with Crippen molar-refractivity contribution in [1.29, 1.82) is 0 Å². The molecule has 1 fully saturated rings. The number of benzene rings is 2. The van der Waals surface area contributed by atoms with Gasteiger partial charge >= 0.3 is 0 Å². The molecule has 0 spiro atoms. The average molecular weight is 533 g/mol. The van der Waals surface area contributed by atoms with Crippen LogP contribution in [-0.2, 0) is 14.5 Å². The van der Waals surface area contributed by atoms with E-state index in [4.69, 9.17) is 0 Å². The Morgan fingerprint density at radius 1 is 0.973 bits per heavy atom. The summed E-state index contributed by atoms with van der Waals surface area (Å²) >= 11 is 1.50. The summed E-state index contributed by atoms with van der Waals surface area (Å²) in [5.41, 5.74) is 4.46. The molecule has 4 aromatic rings. The first-order chi connectivity index (χ1) is 17.9. The molecule has 3 heterocycles. The van der Waals surface area contributed by atoms with E-state index in [1.54, 1.807) is 6.20 Å². The number of carbonyl (C=O) groups excluding carboxylic acids is 1. The zero-order valence-electron chi connectivity index (χ0n) is 20.5. The Bertz CT molecular complexity index is 1460. The minimum Gasteiger partial charge on any atom is -0.369 e. The summed E-state index contributed by atoms with van der Waals surface area (Å²) < 4.78 is 16.0. The second-order valence-corrected chi connectivity index (χ2v) is 12.1. The first-order valence-corrected chi connectivity index (χ1v) is 14.4. The number of hydrogen-bond acceptors (Lipinski definition) is 7. The van der Waals surface area contributed by atoms with Gasteiger partial charge < -0.3 is 15.5 Å². The molecule has 10 heteroatoms. The van der Waals surface area contributed by atoms with Crippen molar-refractivity contribution in [2.24, 2.45) is 0 Å². The second kappa shape index (κ2) is 10.7. The summed E-state index contributed by atoms with van der Waals surface area (Å²) in [6, 6.07) is 21.4. The van der Waals surface area contributed by atoms with E-state index in [9.17, 15) is 9.00 Å². The predicted molar refractivity (Wildman–Crippen MR) is 153 cm³/mol. The molecule has 1 aliphatic heterocycles. The van der Waals surface area contributed by atoms with Gasteiger partial charge in [0, 0.05) is 61.9 Å². The van der Waals surface area contributed by atoms with Crippen molar-refractivity contribution in [3.05, 3.63) is 78.3 Å². The van der Waals surface area contributed by atoms with Crippen LogP contribution < -0.4 is 15.5 Å². The van der Waals surface area contributed by atoms with Crippen LogP contribution >= 0.6 is 11.3 Å². The van der Waals surface area contributed by atoms with Crippen LogP contribution in [0.15, 0.2) is 82.5 Å². The van der Waals surface area contributed by atoms with Crippen LogP contribution in [-0.4, -0.2) is 56.4 Å². The van der Waals surface area contributed by atoms with E-state index in [0.29, 0.717) is 19.0 Å². The molecule has 1 atom stereocenters. The first-order valence-electron chi connectivity index (χ1n) is 11.9. The molecule has 0 bridgehead atoms. The summed E-state index contributed by atoms with van der Waals surface area (Å²) in [4.78, 5) is 22.5. The summed E-state index contributed by atoms with van der Waals surface area (Å²) in [7, 11) is -2.41. The highest BCUT2D eigenvalue weighted by atomic mass is 32.2. The number of nitrogens with one attached hydrogen (secondary N) is 2. The summed E-state index contributed by atoms with van der Waals surface area (Å²) in [6.45, 7) is 4.46. The Morgan fingerprint density at radius 2 is 1.68 bits per heavy atom. The number of carbonyl (C=O) groups is 1. The molecule has 0 radical (unpaired) electrons. The number of amides is 1. The third kappa shape index (κ3) is 5.82. The molecule has 2 aromatic carbocycles. The van der Waals surface area contributed by atoms with Crippen molar-refractivity contribution in [3.63, 3.8) is 0 Å². The number of thiophene rings is 1. The highest BCUT2D eigenvalue weighted by Crippen LogP contribution is 2.26. The number of anilines is 4. The van der Waals surface area contributed by atoms with Crippen molar-refractivity contribution in [3.8, 4) is 11.3 Å². The summed E-state index contributed by atoms with van der Waals surface area (Å²) in [5, 5.41) is 7.98. The molecule has 37 heavy (non-hydrogen) atoms. The van der Waals surface area contributed by atoms with Gasteiger partial charge in [-0.3, -0.25) is 4.79 Å². The predicted octanol–water partition coefficient (Wildman–Crippen LogP) is 4.72. The van der Waals surface area contributed by atoms with Gasteiger partial charge in [-0.1, -0.05) is 18.2 Å². The van der Waals surface area contributed by atoms with Crippen molar-refractivity contribution in [2.75, 3.05) is 41.7 Å². The maximum atomic E-state index is 13.2. The summed E-state index contributed by atoms with van der Waals surface area (Å²) in [5.74, 6) is 4.43. The van der Waals surface area contributed by atoms with Crippen LogP contribution in [0, 0.1) is 0 Å². The normalized spacial score (nSPS) is 15.6. The lowest BCUT2D eigenvalue weighted by molar-refractivity contribution is -0.114. The van der Waals surface area contributed by atoms with E-state index >= 15 is 0 Å². The monoisotopic (exact) mass is 532 g/mol. The molecule has 5 rings (SSSR count). The van der Waals surface area contributed by atoms with Crippen molar-refractivity contribution < 1.29 is 9.00 Å². The van der Waals surface area contributed by atoms with Gasteiger partial charge in [0.1, 0.15) is 0 Å². The largest absolute Gasteiger partial charge is 0.369 e. The lowest BCUT2D eigenvalue weighted by atomic mass is 10.1. The molecule has 2 aromatic heterocycles. The zero-order valence-corrected chi connectivity index (χ0v) is 22.1. The van der Waals surface area contributed by atoms with Gasteiger partial charge in [-0.2, -0.15) is 0 Å². The number of rotatable bonds is 7. The molecule has 1 amide bonds. The minimum absolute atomic E-state index is 0.104. The smallest absolute Gasteiger partial charge is 0.227 e. The molecule has 8 nitrogen and oxygen atoms in total. The average Bonchev–Trinajstić information content (AvgIpc) is 3.46. The van der Waals surface area contributed by atoms with Crippen LogP contribution in [0.3, 0.4) is 0 Å². The van der Waals surface area contributed by atoms with Gasteiger partial charge in [-0.25, -0.2) is 18.5 Å². The van der Waals surface area contributed by atoms with E-state index in [-0.39, 0.29) is 5.91 Å². The van der Waals surface area contributed by atoms with Crippen molar-refractivity contribution in [2.45, 2.75) is 11.1 Å². The molecular weight excluding hydrogens is 504 g/mol. The number of hydrogen-bond donors (Lipinski definition) is 2. The molecule has 0 saturated carbocycles. The maximum absolute atomic E-state index is 13.2. The lowest BCUT2D eigenvalue weighted by Gasteiger charge is -2.37. The van der Waals surface area contributed by atoms with Crippen molar-refractivity contribution >= 4 is 55.8 Å². The Balaban J connectivity index is 1.20. The molecule has 190 valence electrons. The maximum Gasteiger partial charge on any atom is 0.227 e. The second-order valence-electron chi connectivity index (χ2n) is 8.68. The molecule has 2 N–H and O–H groups in total. The molecule has 0 aliphatic carbocycles. The van der Waals surface area contributed by atoms with Crippen LogP contribution in [0.4, 0.5) is 23.0 Å². The third-order valence-electron chi connectivity index (χ3n) is 6.11. The summed E-state index contributed by atoms with van der Waals surface area (Å²) in [6.07, 6.45) is 1.72. The number of nitrogens with zero attached hydrogens (tertiary/aromatic N) is 4. The van der Waals surface area contributed by atoms with E-state index in [2.05, 4.69) is 43.5 Å². The van der Waals surface area contributed by atoms with Crippen LogP contribution in [0.1, 0.15) is 6.92 Å². The van der Waals surface area contributed by atoms with Gasteiger partial charge in [-0.05, 0) is 59.8 Å². The fraction of sp³-hybridized carbons (Fsp3) is 0.185. The molecule has 1 unspecified atom stereocenters. The SMILES string of the molecule is C=S(=O)(c1cccs1)N1CCN(c2ccc(Nc3nccc(-c4ccc(NC(C)=O)cc4)n3)cc2)CC1. The van der Waals surface area contributed by atoms with Crippen molar-refractivity contribution in [1.82, 2.24) is 14.3 Å². The first kappa shape index (κ1) is 24.9. The number of aromatic nitrogens is 2. The zero-order chi connectivity index (χ0) is 25.8. The Labute approximate surface area is 221 Å². The Hall–Kier alpha value is -3.73. The van der Waals surface area contributed by atoms with E-state index in [0.717, 1.165) is 45.6 Å². The highest BCUT2D eigenvalue weighted by molar-refractivity contribution is 7.99. The minimum atomic E-state index is -2.41. The van der Waals surface area contributed by atoms with Gasteiger partial charge in [0.2, 0.25) is 11.9 Å². The number of piperazine rings is 1. The molecule has 1 saturated heterocycles. The van der Waals surface area contributed by atoms with E-state index in [1.807, 2.05) is 64.3 Å². The quantitative estimate of drug-likeness (QED) is 0.335. The fourth-order valence-corrected chi connectivity index (χ4v) is 7.04. The standard InChI is InChI=1S/C27H28N6O2S2/c1-20(34)29-22-7-5-21(6-8-22)25-13-14-28-27(31-25)30-23-9-11-24(12-10-23)32-15-17-33(18-16-32)37(2,35)26-4-3-19-36-26/h3-14,19H,2,15-18H2,1H3,(H,29,34)(H,28,30,31). The van der Waals surface area contributed by atoms with Crippen LogP contribution in [0.25, 0.3) is 11.3 Å². The van der Waals surface area contributed by atoms with E-state index in [1.165, 1.54) is 18.3 Å². The van der Waals surface area contributed by atoms with Gasteiger partial charge in [0.05, 0.1) is 19.6 Å².